The number of carbonyl (C=O) groups is 1. The number of hydrogen-bond acceptors (Lipinski definition) is 4. The average molecular weight is 342 g/mol. The van der Waals surface area contributed by atoms with Gasteiger partial charge in [0.05, 0.1) is 6.04 Å². The minimum absolute atomic E-state index is 0.0801. The highest BCUT2D eigenvalue weighted by atomic mass is 35.5. The number of rotatable bonds is 5. The lowest BCUT2D eigenvalue weighted by Crippen LogP contribution is -2.53. The highest BCUT2D eigenvalue weighted by Crippen LogP contribution is 2.25. The van der Waals surface area contributed by atoms with E-state index in [1.165, 1.54) is 5.56 Å². The van der Waals surface area contributed by atoms with Crippen molar-refractivity contribution in [3.05, 3.63) is 28.8 Å². The maximum atomic E-state index is 12.3. The van der Waals surface area contributed by atoms with E-state index in [-0.39, 0.29) is 11.9 Å². The molecule has 122 valence electrons. The molecule has 2 N–H and O–H groups in total. The normalized spacial score (nSPS) is 16.7. The first-order valence-electron chi connectivity index (χ1n) is 7.57. The Morgan fingerprint density at radius 3 is 2.68 bits per heavy atom. The molecule has 1 saturated heterocycles. The van der Waals surface area contributed by atoms with Crippen LogP contribution in [0.3, 0.4) is 0 Å². The number of aryl methyl sites for hydroxylation is 1. The molecule has 0 saturated carbocycles. The smallest absolute Gasteiger partial charge is 0.239 e. The first-order chi connectivity index (χ1) is 10.5. The molecule has 0 spiro atoms. The summed E-state index contributed by atoms with van der Waals surface area (Å²) in [5.41, 5.74) is 8.36. The van der Waals surface area contributed by atoms with Crippen molar-refractivity contribution in [3.8, 4) is 0 Å². The molecule has 2 rings (SSSR count). The first-order valence-corrected chi connectivity index (χ1v) is 9.34. The van der Waals surface area contributed by atoms with E-state index in [9.17, 15) is 4.79 Å². The monoisotopic (exact) mass is 341 g/mol. The Bertz CT molecular complexity index is 518. The Balaban J connectivity index is 1.92. The van der Waals surface area contributed by atoms with Crippen molar-refractivity contribution in [2.45, 2.75) is 19.4 Å². The Kier molecular flexibility index (Phi) is 6.41. The summed E-state index contributed by atoms with van der Waals surface area (Å²) in [5.74, 6) is 1.01. The van der Waals surface area contributed by atoms with E-state index in [1.807, 2.05) is 29.4 Å². The number of benzene rings is 1. The molecule has 1 aromatic rings. The summed E-state index contributed by atoms with van der Waals surface area (Å²) >= 11 is 7.82. The predicted molar refractivity (Wildman–Crippen MR) is 96.0 cm³/mol. The molecule has 1 aliphatic heterocycles. The zero-order valence-electron chi connectivity index (χ0n) is 13.2. The quantitative estimate of drug-likeness (QED) is 0.893. The third-order valence-corrected chi connectivity index (χ3v) is 4.93. The van der Waals surface area contributed by atoms with Gasteiger partial charge in [-0.1, -0.05) is 17.7 Å². The summed E-state index contributed by atoms with van der Waals surface area (Å²) < 4.78 is 0. The second-order valence-electron chi connectivity index (χ2n) is 5.63. The average Bonchev–Trinajstić information content (AvgIpc) is 2.54. The van der Waals surface area contributed by atoms with Crippen molar-refractivity contribution in [1.29, 1.82) is 0 Å². The predicted octanol–water partition coefficient (Wildman–Crippen LogP) is 2.38. The van der Waals surface area contributed by atoms with Gasteiger partial charge in [0.1, 0.15) is 0 Å². The van der Waals surface area contributed by atoms with Crippen LogP contribution in [0.15, 0.2) is 18.2 Å². The molecule has 0 radical (unpaired) electrons. The summed E-state index contributed by atoms with van der Waals surface area (Å²) in [6.45, 7) is 5.17. The molecule has 22 heavy (non-hydrogen) atoms. The van der Waals surface area contributed by atoms with Crippen molar-refractivity contribution in [2.75, 3.05) is 43.1 Å². The van der Waals surface area contributed by atoms with Crippen molar-refractivity contribution in [3.63, 3.8) is 0 Å². The van der Waals surface area contributed by atoms with Crippen molar-refractivity contribution in [1.82, 2.24) is 4.90 Å². The Morgan fingerprint density at radius 1 is 1.36 bits per heavy atom. The fourth-order valence-corrected chi connectivity index (χ4v) is 3.35. The number of carbonyl (C=O) groups excluding carboxylic acids is 1. The maximum absolute atomic E-state index is 12.3. The minimum atomic E-state index is -0.369. The second-order valence-corrected chi connectivity index (χ2v) is 7.05. The van der Waals surface area contributed by atoms with E-state index < -0.39 is 0 Å². The van der Waals surface area contributed by atoms with Gasteiger partial charge in [-0.2, -0.15) is 11.8 Å². The molecule has 1 aliphatic rings. The molecule has 0 unspecified atom stereocenters. The van der Waals surface area contributed by atoms with Crippen molar-refractivity contribution in [2.24, 2.45) is 5.73 Å². The van der Waals surface area contributed by atoms with E-state index in [4.69, 9.17) is 17.3 Å². The van der Waals surface area contributed by atoms with E-state index in [2.05, 4.69) is 11.8 Å². The highest BCUT2D eigenvalue weighted by Gasteiger charge is 2.25. The molecule has 1 heterocycles. The van der Waals surface area contributed by atoms with Crippen LogP contribution in [0.4, 0.5) is 5.69 Å². The van der Waals surface area contributed by atoms with Gasteiger partial charge in [-0.15, -0.1) is 0 Å². The van der Waals surface area contributed by atoms with Crippen LogP contribution < -0.4 is 10.6 Å². The van der Waals surface area contributed by atoms with Gasteiger partial charge in [-0.3, -0.25) is 4.79 Å². The van der Waals surface area contributed by atoms with Crippen LogP contribution in [0, 0.1) is 6.92 Å². The molecule has 0 aromatic heterocycles. The zero-order chi connectivity index (χ0) is 16.1. The molecule has 1 amide bonds. The SMILES string of the molecule is CSCC[C@H](N)C(=O)N1CCN(c2cc(Cl)ccc2C)CC1. The molecule has 4 nitrogen and oxygen atoms in total. The van der Waals surface area contributed by atoms with Gasteiger partial charge in [-0.05, 0) is 43.0 Å². The molecule has 0 aliphatic carbocycles. The van der Waals surface area contributed by atoms with E-state index in [0.29, 0.717) is 0 Å². The molecule has 1 fully saturated rings. The summed E-state index contributed by atoms with van der Waals surface area (Å²) in [4.78, 5) is 16.5. The fourth-order valence-electron chi connectivity index (χ4n) is 2.69. The standard InChI is InChI=1S/C16H24ClN3OS/c1-12-3-4-13(17)11-15(12)19-6-8-20(9-7-19)16(21)14(18)5-10-22-2/h3-4,11,14H,5-10,18H2,1-2H3/t14-/m0/s1. The lowest BCUT2D eigenvalue weighted by Gasteiger charge is -2.37. The molecule has 1 aromatic carbocycles. The van der Waals surface area contributed by atoms with Crippen LogP contribution in [-0.4, -0.2) is 55.0 Å². The zero-order valence-corrected chi connectivity index (χ0v) is 14.8. The number of hydrogen-bond donors (Lipinski definition) is 1. The van der Waals surface area contributed by atoms with E-state index in [0.717, 1.165) is 49.1 Å². The van der Waals surface area contributed by atoms with Gasteiger partial charge < -0.3 is 15.5 Å². The first kappa shape index (κ1) is 17.4. The summed E-state index contributed by atoms with van der Waals surface area (Å²) in [7, 11) is 0. The van der Waals surface area contributed by atoms with Crippen LogP contribution in [0.2, 0.25) is 5.02 Å². The molecule has 0 bridgehead atoms. The largest absolute Gasteiger partial charge is 0.368 e. The lowest BCUT2D eigenvalue weighted by molar-refractivity contribution is -0.132. The van der Waals surface area contributed by atoms with Crippen LogP contribution >= 0.6 is 23.4 Å². The second kappa shape index (κ2) is 8.09. The maximum Gasteiger partial charge on any atom is 0.239 e. The van der Waals surface area contributed by atoms with Gasteiger partial charge in [0.2, 0.25) is 5.91 Å². The molecular weight excluding hydrogens is 318 g/mol. The Hall–Kier alpha value is -0.910. The van der Waals surface area contributed by atoms with Gasteiger partial charge in [0.15, 0.2) is 0 Å². The van der Waals surface area contributed by atoms with Crippen LogP contribution in [0.25, 0.3) is 0 Å². The molecule has 6 heteroatoms. The fraction of sp³-hybridized carbons (Fsp3) is 0.562. The summed E-state index contributed by atoms with van der Waals surface area (Å²) in [6.07, 6.45) is 2.77. The number of halogens is 1. The lowest BCUT2D eigenvalue weighted by atomic mass is 10.1. The number of nitrogens with zero attached hydrogens (tertiary/aromatic N) is 2. The minimum Gasteiger partial charge on any atom is -0.368 e. The number of piperazine rings is 1. The molecule has 1 atom stereocenters. The number of anilines is 1. The van der Waals surface area contributed by atoms with Gasteiger partial charge in [0.25, 0.3) is 0 Å². The topological polar surface area (TPSA) is 49.6 Å². The third kappa shape index (κ3) is 4.31. The van der Waals surface area contributed by atoms with Gasteiger partial charge in [0, 0.05) is 36.9 Å². The molecular formula is C16H24ClN3OS. The number of nitrogens with two attached hydrogens (primary N) is 1. The van der Waals surface area contributed by atoms with Crippen LogP contribution in [-0.2, 0) is 4.79 Å². The summed E-state index contributed by atoms with van der Waals surface area (Å²) in [5, 5.41) is 0.748. The van der Waals surface area contributed by atoms with Crippen LogP contribution in [0.5, 0.6) is 0 Å². The van der Waals surface area contributed by atoms with E-state index >= 15 is 0 Å². The Labute approximate surface area is 142 Å². The number of thioether (sulfide) groups is 1. The van der Waals surface area contributed by atoms with Gasteiger partial charge >= 0.3 is 0 Å². The Morgan fingerprint density at radius 2 is 2.05 bits per heavy atom. The highest BCUT2D eigenvalue weighted by molar-refractivity contribution is 7.98. The summed E-state index contributed by atoms with van der Waals surface area (Å²) in [6, 6.07) is 5.57. The van der Waals surface area contributed by atoms with Crippen molar-refractivity contribution < 1.29 is 4.79 Å². The van der Waals surface area contributed by atoms with Crippen molar-refractivity contribution >= 4 is 35.0 Å². The number of amides is 1. The van der Waals surface area contributed by atoms with E-state index in [1.54, 1.807) is 11.8 Å². The van der Waals surface area contributed by atoms with Gasteiger partial charge in [-0.25, -0.2) is 0 Å². The van der Waals surface area contributed by atoms with Crippen LogP contribution in [0.1, 0.15) is 12.0 Å². The third-order valence-electron chi connectivity index (χ3n) is 4.05.